The van der Waals surface area contributed by atoms with Crippen LogP contribution in [0, 0.1) is 10.1 Å². The number of hydrogen-bond donors (Lipinski definition) is 1. The number of nitrogens with zero attached hydrogens (tertiary/aromatic N) is 3. The molecule has 1 N–H and O–H groups in total. The SMILES string of the molecule is CCC(C)N(CC(=O)O)C(=O)c1ccc(N2CCCC2)c([N+](=O)[O-])c1. The molecule has 1 heterocycles. The van der Waals surface area contributed by atoms with Crippen LogP contribution in [0.1, 0.15) is 43.5 Å². The highest BCUT2D eigenvalue weighted by atomic mass is 16.6. The number of amides is 1. The summed E-state index contributed by atoms with van der Waals surface area (Å²) in [6.07, 6.45) is 2.56. The second kappa shape index (κ2) is 7.96. The second-order valence-electron chi connectivity index (χ2n) is 6.24. The largest absolute Gasteiger partial charge is 0.480 e. The predicted octanol–water partition coefficient (Wildman–Crippen LogP) is 2.52. The lowest BCUT2D eigenvalue weighted by atomic mass is 10.1. The van der Waals surface area contributed by atoms with Crippen molar-refractivity contribution in [3.05, 3.63) is 33.9 Å². The number of carbonyl (C=O) groups excluding carboxylic acids is 1. The van der Waals surface area contributed by atoms with Crippen LogP contribution in [-0.4, -0.2) is 52.5 Å². The topological polar surface area (TPSA) is 104 Å². The standard InChI is InChI=1S/C17H23N3O5/c1-3-12(2)19(11-16(21)22)17(23)13-6-7-14(15(10-13)20(24)25)18-8-4-5-9-18/h6-7,10,12H,3-5,8-9,11H2,1-2H3,(H,21,22). The Morgan fingerprint density at radius 1 is 1.36 bits per heavy atom. The molecular weight excluding hydrogens is 326 g/mol. The molecule has 0 spiro atoms. The van der Waals surface area contributed by atoms with Crippen molar-refractivity contribution in [3.63, 3.8) is 0 Å². The lowest BCUT2D eigenvalue weighted by Gasteiger charge is -2.27. The molecule has 8 nitrogen and oxygen atoms in total. The number of hydrogen-bond acceptors (Lipinski definition) is 5. The number of carboxylic acids is 1. The molecule has 1 aromatic rings. The van der Waals surface area contributed by atoms with Gasteiger partial charge in [0.25, 0.3) is 11.6 Å². The van der Waals surface area contributed by atoms with E-state index in [-0.39, 0.29) is 17.3 Å². The molecule has 0 aromatic heterocycles. The van der Waals surface area contributed by atoms with Gasteiger partial charge in [0.2, 0.25) is 0 Å². The van der Waals surface area contributed by atoms with Crippen LogP contribution < -0.4 is 4.90 Å². The summed E-state index contributed by atoms with van der Waals surface area (Å²) in [5, 5.41) is 20.5. The molecule has 0 bridgehead atoms. The van der Waals surface area contributed by atoms with E-state index in [1.165, 1.54) is 11.0 Å². The zero-order valence-electron chi connectivity index (χ0n) is 14.5. The van der Waals surface area contributed by atoms with Crippen molar-refractivity contribution in [2.45, 2.75) is 39.2 Å². The molecule has 1 unspecified atom stereocenters. The first kappa shape index (κ1) is 18.7. The van der Waals surface area contributed by atoms with E-state index in [1.54, 1.807) is 19.1 Å². The Balaban J connectivity index is 2.36. The fraction of sp³-hybridized carbons (Fsp3) is 0.529. The van der Waals surface area contributed by atoms with Gasteiger partial charge in [0, 0.05) is 30.8 Å². The van der Waals surface area contributed by atoms with Crippen LogP contribution in [0.15, 0.2) is 18.2 Å². The Morgan fingerprint density at radius 3 is 2.52 bits per heavy atom. The highest BCUT2D eigenvalue weighted by Crippen LogP contribution is 2.32. The minimum atomic E-state index is -1.11. The number of benzene rings is 1. The van der Waals surface area contributed by atoms with E-state index >= 15 is 0 Å². The molecular formula is C17H23N3O5. The highest BCUT2D eigenvalue weighted by Gasteiger charge is 2.27. The normalized spacial score (nSPS) is 15.0. The van der Waals surface area contributed by atoms with E-state index in [0.717, 1.165) is 25.9 Å². The summed E-state index contributed by atoms with van der Waals surface area (Å²) < 4.78 is 0. The average Bonchev–Trinajstić information content (AvgIpc) is 3.12. The quantitative estimate of drug-likeness (QED) is 0.599. The molecule has 1 saturated heterocycles. The van der Waals surface area contributed by atoms with Crippen molar-refractivity contribution in [2.24, 2.45) is 0 Å². The summed E-state index contributed by atoms with van der Waals surface area (Å²) in [5.41, 5.74) is 0.524. The number of anilines is 1. The van der Waals surface area contributed by atoms with E-state index in [1.807, 2.05) is 11.8 Å². The zero-order chi connectivity index (χ0) is 18.6. The second-order valence-corrected chi connectivity index (χ2v) is 6.24. The highest BCUT2D eigenvalue weighted by molar-refractivity contribution is 5.97. The van der Waals surface area contributed by atoms with Crippen molar-refractivity contribution in [1.82, 2.24) is 4.90 Å². The zero-order valence-corrected chi connectivity index (χ0v) is 14.5. The fourth-order valence-electron chi connectivity index (χ4n) is 2.99. The molecule has 0 saturated carbocycles. The minimum Gasteiger partial charge on any atom is -0.480 e. The van der Waals surface area contributed by atoms with Gasteiger partial charge in [-0.05, 0) is 38.3 Å². The van der Waals surface area contributed by atoms with Gasteiger partial charge < -0.3 is 14.9 Å². The molecule has 1 aliphatic rings. The van der Waals surface area contributed by atoms with E-state index < -0.39 is 23.3 Å². The van der Waals surface area contributed by atoms with E-state index in [0.29, 0.717) is 12.1 Å². The van der Waals surface area contributed by atoms with Crippen LogP contribution in [-0.2, 0) is 4.79 Å². The maximum Gasteiger partial charge on any atom is 0.323 e. The van der Waals surface area contributed by atoms with Crippen LogP contribution >= 0.6 is 0 Å². The number of nitro benzene ring substituents is 1. The maximum absolute atomic E-state index is 12.7. The lowest BCUT2D eigenvalue weighted by Crippen LogP contribution is -2.41. The van der Waals surface area contributed by atoms with Gasteiger partial charge in [0.1, 0.15) is 12.2 Å². The molecule has 0 radical (unpaired) electrons. The van der Waals surface area contributed by atoms with Crippen LogP contribution in [0.4, 0.5) is 11.4 Å². The monoisotopic (exact) mass is 349 g/mol. The molecule has 2 rings (SSSR count). The third kappa shape index (κ3) is 4.26. The first-order valence-electron chi connectivity index (χ1n) is 8.41. The molecule has 1 fully saturated rings. The lowest BCUT2D eigenvalue weighted by molar-refractivity contribution is -0.384. The third-order valence-electron chi connectivity index (χ3n) is 4.56. The number of aliphatic carboxylic acids is 1. The van der Waals surface area contributed by atoms with Gasteiger partial charge in [0.15, 0.2) is 0 Å². The Labute approximate surface area is 146 Å². The fourth-order valence-corrected chi connectivity index (χ4v) is 2.99. The van der Waals surface area contributed by atoms with Crippen molar-refractivity contribution < 1.29 is 19.6 Å². The number of carboxylic acid groups (broad SMARTS) is 1. The van der Waals surface area contributed by atoms with Crippen molar-refractivity contribution in [2.75, 3.05) is 24.5 Å². The smallest absolute Gasteiger partial charge is 0.323 e. The molecule has 8 heteroatoms. The van der Waals surface area contributed by atoms with Crippen LogP contribution in [0.5, 0.6) is 0 Å². The molecule has 1 atom stereocenters. The van der Waals surface area contributed by atoms with Gasteiger partial charge in [-0.1, -0.05) is 6.92 Å². The number of rotatable bonds is 7. The molecule has 1 aliphatic heterocycles. The molecule has 136 valence electrons. The summed E-state index contributed by atoms with van der Waals surface area (Å²) in [5.74, 6) is -1.62. The third-order valence-corrected chi connectivity index (χ3v) is 4.56. The Bertz CT molecular complexity index is 670. The van der Waals surface area contributed by atoms with Gasteiger partial charge in [-0.25, -0.2) is 0 Å². The molecule has 1 aromatic carbocycles. The summed E-state index contributed by atoms with van der Waals surface area (Å²) in [6, 6.07) is 4.11. The van der Waals surface area contributed by atoms with E-state index in [9.17, 15) is 19.7 Å². The van der Waals surface area contributed by atoms with Gasteiger partial charge in [0.05, 0.1) is 4.92 Å². The van der Waals surface area contributed by atoms with E-state index in [2.05, 4.69) is 0 Å². The van der Waals surface area contributed by atoms with Crippen molar-refractivity contribution >= 4 is 23.3 Å². The number of nitro groups is 1. The molecule has 25 heavy (non-hydrogen) atoms. The average molecular weight is 349 g/mol. The summed E-state index contributed by atoms with van der Waals surface area (Å²) in [6.45, 7) is 4.69. The Morgan fingerprint density at radius 2 is 2.00 bits per heavy atom. The van der Waals surface area contributed by atoms with Crippen LogP contribution in [0.25, 0.3) is 0 Å². The predicted molar refractivity (Wildman–Crippen MR) is 93.0 cm³/mol. The maximum atomic E-state index is 12.7. The van der Waals surface area contributed by atoms with Gasteiger partial charge in [-0.15, -0.1) is 0 Å². The summed E-state index contributed by atoms with van der Waals surface area (Å²) >= 11 is 0. The Hall–Kier alpha value is -2.64. The van der Waals surface area contributed by atoms with Crippen molar-refractivity contribution in [1.29, 1.82) is 0 Å². The van der Waals surface area contributed by atoms with Crippen molar-refractivity contribution in [3.8, 4) is 0 Å². The van der Waals surface area contributed by atoms with Gasteiger partial charge in [-0.3, -0.25) is 19.7 Å². The van der Waals surface area contributed by atoms with E-state index in [4.69, 9.17) is 5.11 Å². The Kier molecular flexibility index (Phi) is 5.95. The number of carbonyl (C=O) groups is 2. The van der Waals surface area contributed by atoms with Gasteiger partial charge in [-0.2, -0.15) is 0 Å². The molecule has 1 amide bonds. The van der Waals surface area contributed by atoms with Crippen LogP contribution in [0.2, 0.25) is 0 Å². The minimum absolute atomic E-state index is 0.118. The molecule has 0 aliphatic carbocycles. The van der Waals surface area contributed by atoms with Gasteiger partial charge >= 0.3 is 5.97 Å². The van der Waals surface area contributed by atoms with Crippen LogP contribution in [0.3, 0.4) is 0 Å². The first-order valence-corrected chi connectivity index (χ1v) is 8.41. The summed E-state index contributed by atoms with van der Waals surface area (Å²) in [4.78, 5) is 37.9. The first-order chi connectivity index (χ1) is 11.8. The summed E-state index contributed by atoms with van der Waals surface area (Å²) in [7, 11) is 0.